The maximum atomic E-state index is 8.63. The molecule has 0 saturated carbocycles. The molecule has 4 rings (SSSR count). The van der Waals surface area contributed by atoms with Crippen LogP contribution >= 0.6 is 0 Å². The molecule has 0 atom stereocenters. The molecule has 188 valence electrons. The third-order valence-corrected chi connectivity index (χ3v) is 4.15. The molecule has 4 aromatic rings. The van der Waals surface area contributed by atoms with Crippen molar-refractivity contribution >= 4 is 0 Å². The maximum Gasteiger partial charge on any atom is 0.115 e. The monoisotopic (exact) mass is 476 g/mol. The van der Waals surface area contributed by atoms with Crippen LogP contribution in [-0.2, 0) is 0 Å². The molecular weight excluding hydrogens is 436 g/mol. The molecule has 0 aliphatic rings. The van der Waals surface area contributed by atoms with Gasteiger partial charge in [-0.25, -0.2) is 0 Å². The summed E-state index contributed by atoms with van der Waals surface area (Å²) in [5.41, 5.74) is 4.06. The lowest BCUT2D eigenvalue weighted by Crippen LogP contribution is -1.78. The highest BCUT2D eigenvalue weighted by Crippen LogP contribution is 2.06. The van der Waals surface area contributed by atoms with E-state index in [1.54, 1.807) is 72.8 Å². The topological polar surface area (TPSA) is 80.9 Å². The van der Waals surface area contributed by atoms with Crippen LogP contribution in [0.1, 0.15) is 36.5 Å². The SMILES string of the molecule is CCCCO.Cc1cc(C)cc(C)c1.Oc1ccccc1.Oc1ccccc1.Oc1ccccc1. The standard InChI is InChI=1S/C9H12.3C6H6O.C4H10O/c1-7-4-8(2)6-9(3)5-7;3*7-6-4-2-1-3-5-6;1-2-3-4-5/h4-6H,1-3H3;3*1-5,7H;5H,2-4H2,1H3. The Balaban J connectivity index is 0.000000418. The smallest absolute Gasteiger partial charge is 0.115 e. The fraction of sp³-hybridized carbons (Fsp3) is 0.226. The van der Waals surface area contributed by atoms with Crippen LogP contribution in [-0.4, -0.2) is 27.0 Å². The normalized spacial score (nSPS) is 8.83. The highest BCUT2D eigenvalue weighted by Gasteiger charge is 1.87. The van der Waals surface area contributed by atoms with Crippen molar-refractivity contribution in [2.75, 3.05) is 6.61 Å². The summed E-state index contributed by atoms with van der Waals surface area (Å²) in [4.78, 5) is 0. The van der Waals surface area contributed by atoms with Gasteiger partial charge in [0.15, 0.2) is 0 Å². The molecule has 0 radical (unpaired) electrons. The van der Waals surface area contributed by atoms with Gasteiger partial charge in [-0.15, -0.1) is 0 Å². The first-order chi connectivity index (χ1) is 16.8. The van der Waals surface area contributed by atoms with Crippen molar-refractivity contribution in [1.29, 1.82) is 0 Å². The molecule has 0 bridgehead atoms. The lowest BCUT2D eigenvalue weighted by molar-refractivity contribution is 0.287. The van der Waals surface area contributed by atoms with Crippen LogP contribution in [0.15, 0.2) is 109 Å². The number of aliphatic hydroxyl groups is 1. The zero-order chi connectivity index (χ0) is 26.3. The Morgan fingerprint density at radius 2 is 0.743 bits per heavy atom. The fourth-order valence-electron chi connectivity index (χ4n) is 2.64. The third-order valence-electron chi connectivity index (χ3n) is 4.15. The first kappa shape index (κ1) is 31.2. The van der Waals surface area contributed by atoms with Gasteiger partial charge >= 0.3 is 0 Å². The van der Waals surface area contributed by atoms with Crippen LogP contribution < -0.4 is 0 Å². The third kappa shape index (κ3) is 20.6. The van der Waals surface area contributed by atoms with Crippen molar-refractivity contribution in [2.24, 2.45) is 0 Å². The number of hydrogen-bond acceptors (Lipinski definition) is 4. The Labute approximate surface area is 210 Å². The summed E-state index contributed by atoms with van der Waals surface area (Å²) >= 11 is 0. The second-order valence-electron chi connectivity index (χ2n) is 7.75. The van der Waals surface area contributed by atoms with E-state index in [2.05, 4.69) is 45.9 Å². The van der Waals surface area contributed by atoms with E-state index in [1.165, 1.54) is 16.7 Å². The molecule has 4 N–H and O–H groups in total. The Morgan fingerprint density at radius 3 is 0.857 bits per heavy atom. The predicted molar refractivity (Wildman–Crippen MR) is 147 cm³/mol. The summed E-state index contributed by atoms with van der Waals surface area (Å²) in [6.07, 6.45) is 2.04. The van der Waals surface area contributed by atoms with Gasteiger partial charge in [-0.3, -0.25) is 0 Å². The number of unbranched alkanes of at least 4 members (excludes halogenated alkanes) is 1. The highest BCUT2D eigenvalue weighted by atomic mass is 16.3. The average Bonchev–Trinajstić information content (AvgIpc) is 2.82. The van der Waals surface area contributed by atoms with Gasteiger partial charge < -0.3 is 20.4 Å². The molecular formula is C31H40O4. The van der Waals surface area contributed by atoms with Crippen LogP contribution in [0.4, 0.5) is 0 Å². The zero-order valence-corrected chi connectivity index (χ0v) is 21.3. The Morgan fingerprint density at radius 1 is 0.486 bits per heavy atom. The molecule has 0 amide bonds. The lowest BCUT2D eigenvalue weighted by atomic mass is 10.1. The summed E-state index contributed by atoms with van der Waals surface area (Å²) in [5.74, 6) is 0.965. The molecule has 0 fully saturated rings. The maximum absolute atomic E-state index is 8.63. The minimum atomic E-state index is 0.322. The zero-order valence-electron chi connectivity index (χ0n) is 21.3. The molecule has 0 saturated heterocycles. The largest absolute Gasteiger partial charge is 0.508 e. The van der Waals surface area contributed by atoms with E-state index in [0.29, 0.717) is 23.9 Å². The number of benzene rings is 4. The fourth-order valence-corrected chi connectivity index (χ4v) is 2.64. The first-order valence-electron chi connectivity index (χ1n) is 11.7. The van der Waals surface area contributed by atoms with Crippen molar-refractivity contribution < 1.29 is 20.4 Å². The quantitative estimate of drug-likeness (QED) is 0.240. The van der Waals surface area contributed by atoms with E-state index in [-0.39, 0.29) is 0 Å². The number of aliphatic hydroxyl groups excluding tert-OH is 1. The molecule has 4 aromatic carbocycles. The molecule has 0 aromatic heterocycles. The number of phenols is 3. The van der Waals surface area contributed by atoms with Crippen LogP contribution in [0, 0.1) is 20.8 Å². The number of para-hydroxylation sites is 3. The van der Waals surface area contributed by atoms with E-state index in [4.69, 9.17) is 20.4 Å². The molecule has 35 heavy (non-hydrogen) atoms. The molecule has 0 spiro atoms. The number of phenolic OH excluding ortho intramolecular Hbond substituents is 3. The Kier molecular flexibility index (Phi) is 18.6. The second-order valence-corrected chi connectivity index (χ2v) is 7.75. The molecule has 0 unspecified atom stereocenters. The minimum absolute atomic E-state index is 0.322. The van der Waals surface area contributed by atoms with E-state index in [9.17, 15) is 0 Å². The van der Waals surface area contributed by atoms with Gasteiger partial charge in [0.25, 0.3) is 0 Å². The van der Waals surface area contributed by atoms with Gasteiger partial charge in [0.2, 0.25) is 0 Å². The Bertz CT molecular complexity index is 847. The summed E-state index contributed by atoms with van der Waals surface area (Å²) in [5, 5.41) is 34.0. The van der Waals surface area contributed by atoms with Crippen LogP contribution in [0.2, 0.25) is 0 Å². The lowest BCUT2D eigenvalue weighted by Gasteiger charge is -1.96. The molecule has 0 aliphatic carbocycles. The van der Waals surface area contributed by atoms with Crippen LogP contribution in [0.3, 0.4) is 0 Å². The summed E-state index contributed by atoms with van der Waals surface area (Å²) in [7, 11) is 0. The second kappa shape index (κ2) is 20.8. The summed E-state index contributed by atoms with van der Waals surface area (Å²) in [6.45, 7) is 8.77. The minimum Gasteiger partial charge on any atom is -0.508 e. The van der Waals surface area contributed by atoms with Gasteiger partial charge in [-0.2, -0.15) is 0 Å². The molecule has 0 heterocycles. The predicted octanol–water partition coefficient (Wildman–Crippen LogP) is 7.57. The van der Waals surface area contributed by atoms with Gasteiger partial charge in [0, 0.05) is 6.61 Å². The number of aryl methyl sites for hydroxylation is 3. The van der Waals surface area contributed by atoms with Gasteiger partial charge in [-0.1, -0.05) is 103 Å². The van der Waals surface area contributed by atoms with Crippen LogP contribution in [0.5, 0.6) is 17.2 Å². The van der Waals surface area contributed by atoms with E-state index < -0.39 is 0 Å². The number of aromatic hydroxyl groups is 3. The summed E-state index contributed by atoms with van der Waals surface area (Å²) in [6, 6.07) is 32.7. The first-order valence-corrected chi connectivity index (χ1v) is 11.7. The molecule has 4 nitrogen and oxygen atoms in total. The highest BCUT2D eigenvalue weighted by molar-refractivity contribution is 5.27. The van der Waals surface area contributed by atoms with E-state index >= 15 is 0 Å². The molecule has 4 heteroatoms. The van der Waals surface area contributed by atoms with E-state index in [0.717, 1.165) is 12.8 Å². The molecule has 0 aliphatic heterocycles. The van der Waals surface area contributed by atoms with E-state index in [1.807, 2.05) is 18.2 Å². The van der Waals surface area contributed by atoms with Crippen LogP contribution in [0.25, 0.3) is 0 Å². The van der Waals surface area contributed by atoms with Crippen molar-refractivity contribution in [3.63, 3.8) is 0 Å². The van der Waals surface area contributed by atoms with Crippen molar-refractivity contribution in [1.82, 2.24) is 0 Å². The number of hydrogen-bond donors (Lipinski definition) is 4. The number of rotatable bonds is 2. The van der Waals surface area contributed by atoms with Crippen molar-refractivity contribution in [3.8, 4) is 17.2 Å². The van der Waals surface area contributed by atoms with Crippen molar-refractivity contribution in [2.45, 2.75) is 40.5 Å². The van der Waals surface area contributed by atoms with Gasteiger partial charge in [0.1, 0.15) is 17.2 Å². The van der Waals surface area contributed by atoms with Gasteiger partial charge in [0.05, 0.1) is 0 Å². The Hall–Kier alpha value is -3.76. The summed E-state index contributed by atoms with van der Waals surface area (Å²) < 4.78 is 0. The van der Waals surface area contributed by atoms with Crippen molar-refractivity contribution in [3.05, 3.63) is 126 Å². The van der Waals surface area contributed by atoms with Gasteiger partial charge in [-0.05, 0) is 63.6 Å². The average molecular weight is 477 g/mol.